The molecule has 0 spiro atoms. The van der Waals surface area contributed by atoms with Crippen LogP contribution in [0.5, 0.6) is 0 Å². The van der Waals surface area contributed by atoms with E-state index in [1.165, 1.54) is 87.2 Å². The van der Waals surface area contributed by atoms with Gasteiger partial charge in [-0.25, -0.2) is 0 Å². The van der Waals surface area contributed by atoms with Crippen molar-refractivity contribution in [2.75, 3.05) is 0 Å². The molecular weight excluding hydrogens is 617 g/mol. The Bertz CT molecular complexity index is 3130. The Morgan fingerprint density at radius 3 is 1.57 bits per heavy atom. The summed E-state index contributed by atoms with van der Waals surface area (Å²) in [7, 11) is 0. The highest BCUT2D eigenvalue weighted by Crippen LogP contribution is 2.50. The van der Waals surface area contributed by atoms with E-state index in [-0.39, 0.29) is 0 Å². The van der Waals surface area contributed by atoms with Crippen LogP contribution in [-0.4, -0.2) is 0 Å². The molecule has 0 N–H and O–H groups in total. The molecule has 0 aliphatic rings. The molecule has 0 bridgehead atoms. The maximum atomic E-state index is 6.59. The molecule has 1 heterocycles. The lowest BCUT2D eigenvalue weighted by atomic mass is 9.81. The van der Waals surface area contributed by atoms with Gasteiger partial charge in [-0.3, -0.25) is 0 Å². The van der Waals surface area contributed by atoms with Crippen molar-refractivity contribution in [2.24, 2.45) is 0 Å². The van der Waals surface area contributed by atoms with Gasteiger partial charge in [-0.2, -0.15) is 0 Å². The molecule has 0 radical (unpaired) electrons. The molecule has 0 unspecified atom stereocenters. The summed E-state index contributed by atoms with van der Waals surface area (Å²) in [5.41, 5.74) is 9.21. The number of benzene rings is 10. The highest BCUT2D eigenvalue weighted by molar-refractivity contribution is 6.29. The summed E-state index contributed by atoms with van der Waals surface area (Å²) in [5.74, 6) is 0. The van der Waals surface area contributed by atoms with Crippen LogP contribution in [0, 0.1) is 0 Å². The van der Waals surface area contributed by atoms with Crippen LogP contribution in [0.1, 0.15) is 0 Å². The van der Waals surface area contributed by atoms with Crippen molar-refractivity contribution in [3.8, 4) is 33.4 Å². The van der Waals surface area contributed by atoms with Crippen molar-refractivity contribution in [3.63, 3.8) is 0 Å². The Morgan fingerprint density at radius 2 is 0.843 bits per heavy atom. The molecule has 0 aliphatic carbocycles. The van der Waals surface area contributed by atoms with Crippen LogP contribution in [0.3, 0.4) is 0 Å². The van der Waals surface area contributed by atoms with Crippen LogP contribution in [0.4, 0.5) is 0 Å². The molecule has 11 aromatic rings. The summed E-state index contributed by atoms with van der Waals surface area (Å²) in [5, 5.41) is 14.7. The summed E-state index contributed by atoms with van der Waals surface area (Å²) in [6.07, 6.45) is 0. The van der Waals surface area contributed by atoms with Crippen LogP contribution >= 0.6 is 0 Å². The molecular formula is C50H30O. The van der Waals surface area contributed by atoms with Gasteiger partial charge >= 0.3 is 0 Å². The fourth-order valence-electron chi connectivity index (χ4n) is 8.62. The zero-order valence-corrected chi connectivity index (χ0v) is 27.7. The van der Waals surface area contributed by atoms with Crippen LogP contribution in [0.25, 0.3) is 109 Å². The van der Waals surface area contributed by atoms with Gasteiger partial charge < -0.3 is 4.42 Å². The highest BCUT2D eigenvalue weighted by atomic mass is 16.3. The first-order chi connectivity index (χ1) is 25.3. The summed E-state index contributed by atoms with van der Waals surface area (Å²) in [6, 6.07) is 66.4. The zero-order chi connectivity index (χ0) is 33.5. The van der Waals surface area contributed by atoms with E-state index < -0.39 is 0 Å². The molecule has 10 aromatic carbocycles. The predicted octanol–water partition coefficient (Wildman–Crippen LogP) is 14.4. The molecule has 0 saturated carbocycles. The number of hydrogen-bond donors (Lipinski definition) is 0. The molecule has 0 saturated heterocycles. The summed E-state index contributed by atoms with van der Waals surface area (Å²) in [6.45, 7) is 0. The van der Waals surface area contributed by atoms with Gasteiger partial charge in [0, 0.05) is 10.8 Å². The quantitative estimate of drug-likeness (QED) is 0.138. The predicted molar refractivity (Wildman–Crippen MR) is 218 cm³/mol. The number of fused-ring (bicyclic) bond motifs is 9. The third-order valence-corrected chi connectivity index (χ3v) is 10.8. The molecule has 0 atom stereocenters. The second kappa shape index (κ2) is 10.9. The molecule has 1 heteroatoms. The van der Waals surface area contributed by atoms with Gasteiger partial charge in [-0.05, 0) is 105 Å². The SMILES string of the molecule is c1ccc(-c2ccc3c(ccc4ccccc43)c2-c2c3ccccc3c(-c3cccc4oc5cc6ccccc6cc5c34)c3ccccc23)cc1. The molecule has 236 valence electrons. The fraction of sp³-hybridized carbons (Fsp3) is 0. The van der Waals surface area contributed by atoms with E-state index in [0.29, 0.717) is 0 Å². The number of furan rings is 1. The first-order valence-corrected chi connectivity index (χ1v) is 17.6. The smallest absolute Gasteiger partial charge is 0.136 e. The van der Waals surface area contributed by atoms with Crippen molar-refractivity contribution >= 4 is 75.8 Å². The maximum Gasteiger partial charge on any atom is 0.136 e. The molecule has 0 fully saturated rings. The average molecular weight is 647 g/mol. The lowest BCUT2D eigenvalue weighted by molar-refractivity contribution is 0.669. The third kappa shape index (κ3) is 4.16. The van der Waals surface area contributed by atoms with E-state index in [4.69, 9.17) is 4.42 Å². The topological polar surface area (TPSA) is 13.1 Å². The van der Waals surface area contributed by atoms with Crippen LogP contribution in [0.15, 0.2) is 186 Å². The normalized spacial score (nSPS) is 11.9. The summed E-state index contributed by atoms with van der Waals surface area (Å²) in [4.78, 5) is 0. The van der Waals surface area contributed by atoms with E-state index in [1.54, 1.807) is 0 Å². The highest BCUT2D eigenvalue weighted by Gasteiger charge is 2.23. The van der Waals surface area contributed by atoms with Crippen molar-refractivity contribution in [1.82, 2.24) is 0 Å². The fourth-order valence-corrected chi connectivity index (χ4v) is 8.62. The molecule has 0 aliphatic heterocycles. The first-order valence-electron chi connectivity index (χ1n) is 17.6. The second-order valence-electron chi connectivity index (χ2n) is 13.6. The van der Waals surface area contributed by atoms with E-state index in [2.05, 4.69) is 182 Å². The number of rotatable bonds is 3. The minimum Gasteiger partial charge on any atom is -0.456 e. The van der Waals surface area contributed by atoms with Gasteiger partial charge in [0.25, 0.3) is 0 Å². The minimum absolute atomic E-state index is 0.905. The van der Waals surface area contributed by atoms with Gasteiger partial charge in [0.1, 0.15) is 11.2 Å². The molecule has 1 nitrogen and oxygen atoms in total. The number of hydrogen-bond acceptors (Lipinski definition) is 1. The minimum atomic E-state index is 0.905. The summed E-state index contributed by atoms with van der Waals surface area (Å²) >= 11 is 0. The first kappa shape index (κ1) is 28.2. The van der Waals surface area contributed by atoms with Crippen molar-refractivity contribution in [1.29, 1.82) is 0 Å². The van der Waals surface area contributed by atoms with Crippen LogP contribution in [-0.2, 0) is 0 Å². The van der Waals surface area contributed by atoms with Gasteiger partial charge in [-0.1, -0.05) is 164 Å². The van der Waals surface area contributed by atoms with Crippen molar-refractivity contribution in [2.45, 2.75) is 0 Å². The van der Waals surface area contributed by atoms with Gasteiger partial charge in [0.2, 0.25) is 0 Å². The Hall–Kier alpha value is -6.70. The average Bonchev–Trinajstić information content (AvgIpc) is 3.56. The zero-order valence-electron chi connectivity index (χ0n) is 27.7. The van der Waals surface area contributed by atoms with E-state index in [1.807, 2.05) is 0 Å². The van der Waals surface area contributed by atoms with Crippen LogP contribution < -0.4 is 0 Å². The largest absolute Gasteiger partial charge is 0.456 e. The Morgan fingerprint density at radius 1 is 0.275 bits per heavy atom. The Labute approximate surface area is 294 Å². The van der Waals surface area contributed by atoms with Crippen LogP contribution in [0.2, 0.25) is 0 Å². The third-order valence-electron chi connectivity index (χ3n) is 10.8. The Kier molecular flexibility index (Phi) is 6.02. The molecule has 11 rings (SSSR count). The van der Waals surface area contributed by atoms with Gasteiger partial charge in [-0.15, -0.1) is 0 Å². The van der Waals surface area contributed by atoms with Gasteiger partial charge in [0.15, 0.2) is 0 Å². The summed E-state index contributed by atoms with van der Waals surface area (Å²) < 4.78 is 6.59. The second-order valence-corrected chi connectivity index (χ2v) is 13.6. The monoisotopic (exact) mass is 646 g/mol. The standard InChI is InChI=1S/C50H30O/c1-2-13-31(14-3-1)36-27-28-37-35-18-7-6-15-32(35)25-26-42(37)49(36)50-40-21-10-8-19-38(40)47(39-20-9-11-22-41(39)50)43-23-12-24-45-48(43)44-29-33-16-4-5-17-34(33)30-46(44)51-45/h1-30H. The molecule has 0 amide bonds. The van der Waals surface area contributed by atoms with E-state index >= 15 is 0 Å². The lowest BCUT2D eigenvalue weighted by Gasteiger charge is -2.22. The Balaban J connectivity index is 1.31. The van der Waals surface area contributed by atoms with Crippen molar-refractivity contribution in [3.05, 3.63) is 182 Å². The molecule has 1 aromatic heterocycles. The molecule has 51 heavy (non-hydrogen) atoms. The van der Waals surface area contributed by atoms with Crippen molar-refractivity contribution < 1.29 is 4.42 Å². The van der Waals surface area contributed by atoms with E-state index in [0.717, 1.165) is 21.9 Å². The lowest BCUT2D eigenvalue weighted by Crippen LogP contribution is -1.94. The van der Waals surface area contributed by atoms with Gasteiger partial charge in [0.05, 0.1) is 0 Å². The maximum absolute atomic E-state index is 6.59. The van der Waals surface area contributed by atoms with E-state index in [9.17, 15) is 0 Å².